The first kappa shape index (κ1) is 8.33. The smallest absolute Gasteiger partial charge is 0.409 e. The summed E-state index contributed by atoms with van der Waals surface area (Å²) >= 11 is 0. The Kier molecular flexibility index (Phi) is 2.70. The molecule has 1 fully saturated rings. The largest absolute Gasteiger partial charge is 0.449 e. The number of carbonyl (C=O) groups excluding carboxylic acids is 1. The SMILES string of the molecule is CN1CC(CCN)COC1=O. The monoisotopic (exact) mass is 158 g/mol. The summed E-state index contributed by atoms with van der Waals surface area (Å²) in [6.07, 6.45) is 0.704. The van der Waals surface area contributed by atoms with Gasteiger partial charge >= 0.3 is 6.09 Å². The summed E-state index contributed by atoms with van der Waals surface area (Å²) in [5, 5.41) is 0. The van der Waals surface area contributed by atoms with Crippen LogP contribution in [0.2, 0.25) is 0 Å². The number of hydrogen-bond donors (Lipinski definition) is 1. The minimum atomic E-state index is -0.224. The first-order chi connectivity index (χ1) is 5.24. The Morgan fingerprint density at radius 2 is 2.55 bits per heavy atom. The number of amides is 1. The molecule has 1 amide bonds. The van der Waals surface area contributed by atoms with Crippen molar-refractivity contribution in [3.05, 3.63) is 0 Å². The van der Waals surface area contributed by atoms with Gasteiger partial charge in [0.2, 0.25) is 0 Å². The van der Waals surface area contributed by atoms with Gasteiger partial charge in [-0.2, -0.15) is 0 Å². The van der Waals surface area contributed by atoms with Gasteiger partial charge < -0.3 is 15.4 Å². The molecule has 1 aliphatic rings. The molecule has 0 aromatic heterocycles. The summed E-state index contributed by atoms with van der Waals surface area (Å²) in [5.41, 5.74) is 5.38. The zero-order valence-corrected chi connectivity index (χ0v) is 6.75. The summed E-state index contributed by atoms with van der Waals surface area (Å²) in [4.78, 5) is 12.4. The topological polar surface area (TPSA) is 55.6 Å². The highest BCUT2D eigenvalue weighted by Gasteiger charge is 2.22. The Morgan fingerprint density at radius 1 is 1.82 bits per heavy atom. The summed E-state index contributed by atoms with van der Waals surface area (Å²) in [6.45, 7) is 1.96. The number of nitrogens with zero attached hydrogens (tertiary/aromatic N) is 1. The molecule has 64 valence electrons. The number of cyclic esters (lactones) is 1. The van der Waals surface area contributed by atoms with Gasteiger partial charge in [-0.15, -0.1) is 0 Å². The molecule has 1 saturated heterocycles. The van der Waals surface area contributed by atoms with E-state index in [1.165, 1.54) is 0 Å². The van der Waals surface area contributed by atoms with Crippen LogP contribution in [0.5, 0.6) is 0 Å². The number of nitrogens with two attached hydrogens (primary N) is 1. The van der Waals surface area contributed by atoms with Gasteiger partial charge in [0.15, 0.2) is 0 Å². The van der Waals surface area contributed by atoms with Crippen LogP contribution >= 0.6 is 0 Å². The van der Waals surface area contributed by atoms with Crippen LogP contribution in [-0.2, 0) is 4.74 Å². The summed E-state index contributed by atoms with van der Waals surface area (Å²) < 4.78 is 4.89. The highest BCUT2D eigenvalue weighted by molar-refractivity contribution is 5.67. The second kappa shape index (κ2) is 3.57. The van der Waals surface area contributed by atoms with Gasteiger partial charge in [0.1, 0.15) is 0 Å². The van der Waals surface area contributed by atoms with E-state index in [4.69, 9.17) is 10.5 Å². The highest BCUT2D eigenvalue weighted by atomic mass is 16.6. The number of ether oxygens (including phenoxy) is 1. The predicted molar refractivity (Wildman–Crippen MR) is 41.1 cm³/mol. The van der Waals surface area contributed by atoms with Crippen LogP contribution in [0.25, 0.3) is 0 Å². The molecule has 0 bridgehead atoms. The van der Waals surface area contributed by atoms with E-state index in [0.717, 1.165) is 13.0 Å². The molecule has 2 N–H and O–H groups in total. The molecule has 1 heterocycles. The minimum Gasteiger partial charge on any atom is -0.449 e. The van der Waals surface area contributed by atoms with Gasteiger partial charge in [0.05, 0.1) is 6.61 Å². The maximum Gasteiger partial charge on any atom is 0.409 e. The molecule has 1 atom stereocenters. The summed E-state index contributed by atoms with van der Waals surface area (Å²) in [5.74, 6) is 0.419. The van der Waals surface area contributed by atoms with Crippen LogP contribution in [-0.4, -0.2) is 37.7 Å². The van der Waals surface area contributed by atoms with Crippen molar-refractivity contribution < 1.29 is 9.53 Å². The molecule has 1 rings (SSSR count). The molecule has 0 aromatic rings. The average molecular weight is 158 g/mol. The van der Waals surface area contributed by atoms with E-state index in [9.17, 15) is 4.79 Å². The van der Waals surface area contributed by atoms with E-state index >= 15 is 0 Å². The second-order valence-corrected chi connectivity index (χ2v) is 2.90. The quantitative estimate of drug-likeness (QED) is 0.617. The molecular weight excluding hydrogens is 144 g/mol. The van der Waals surface area contributed by atoms with Crippen molar-refractivity contribution in [2.45, 2.75) is 6.42 Å². The van der Waals surface area contributed by atoms with E-state index in [2.05, 4.69) is 0 Å². The van der Waals surface area contributed by atoms with Gasteiger partial charge in [-0.05, 0) is 13.0 Å². The van der Waals surface area contributed by atoms with Crippen LogP contribution < -0.4 is 5.73 Å². The van der Waals surface area contributed by atoms with Crippen LogP contribution in [0.4, 0.5) is 4.79 Å². The fourth-order valence-electron chi connectivity index (χ4n) is 1.22. The molecule has 0 aromatic carbocycles. The zero-order valence-electron chi connectivity index (χ0n) is 6.75. The molecule has 0 radical (unpaired) electrons. The molecule has 1 unspecified atom stereocenters. The third-order valence-electron chi connectivity index (χ3n) is 1.86. The van der Waals surface area contributed by atoms with Crippen LogP contribution in [0, 0.1) is 5.92 Å². The maximum atomic E-state index is 10.8. The molecule has 0 saturated carbocycles. The van der Waals surface area contributed by atoms with Crippen molar-refractivity contribution in [3.8, 4) is 0 Å². The lowest BCUT2D eigenvalue weighted by Gasteiger charge is -2.28. The van der Waals surface area contributed by atoms with E-state index in [1.807, 2.05) is 0 Å². The third-order valence-corrected chi connectivity index (χ3v) is 1.86. The van der Waals surface area contributed by atoms with Crippen molar-refractivity contribution in [2.24, 2.45) is 11.7 Å². The Bertz CT molecular complexity index is 149. The first-order valence-electron chi connectivity index (χ1n) is 3.82. The van der Waals surface area contributed by atoms with Crippen LogP contribution in [0.1, 0.15) is 6.42 Å². The van der Waals surface area contributed by atoms with Gasteiger partial charge in [0.25, 0.3) is 0 Å². The highest BCUT2D eigenvalue weighted by Crippen LogP contribution is 2.11. The van der Waals surface area contributed by atoms with Crippen LogP contribution in [0.15, 0.2) is 0 Å². The normalized spacial score (nSPS) is 25.1. The zero-order chi connectivity index (χ0) is 8.27. The Balaban J connectivity index is 2.33. The molecule has 11 heavy (non-hydrogen) atoms. The van der Waals surface area contributed by atoms with E-state index in [-0.39, 0.29) is 6.09 Å². The van der Waals surface area contributed by atoms with Gasteiger partial charge in [0, 0.05) is 19.5 Å². The van der Waals surface area contributed by atoms with Gasteiger partial charge in [-0.25, -0.2) is 4.79 Å². The van der Waals surface area contributed by atoms with Gasteiger partial charge in [-0.1, -0.05) is 0 Å². The third kappa shape index (κ3) is 2.08. The fourth-order valence-corrected chi connectivity index (χ4v) is 1.22. The van der Waals surface area contributed by atoms with Crippen molar-refractivity contribution in [2.75, 3.05) is 26.7 Å². The standard InChI is InChI=1S/C7H14N2O2/c1-9-4-6(2-3-8)5-11-7(9)10/h6H,2-5,8H2,1H3. The van der Waals surface area contributed by atoms with Gasteiger partial charge in [-0.3, -0.25) is 0 Å². The summed E-state index contributed by atoms with van der Waals surface area (Å²) in [6, 6.07) is 0. The molecule has 1 aliphatic heterocycles. The van der Waals surface area contributed by atoms with E-state index < -0.39 is 0 Å². The van der Waals surface area contributed by atoms with Crippen LogP contribution in [0.3, 0.4) is 0 Å². The number of hydrogen-bond acceptors (Lipinski definition) is 3. The molecule has 0 aliphatic carbocycles. The molecule has 4 nitrogen and oxygen atoms in total. The summed E-state index contributed by atoms with van der Waals surface area (Å²) in [7, 11) is 1.74. The maximum absolute atomic E-state index is 10.8. The predicted octanol–water partition coefficient (Wildman–Crippen LogP) is 0.0334. The molecule has 0 spiro atoms. The molecule has 4 heteroatoms. The number of rotatable bonds is 2. The van der Waals surface area contributed by atoms with E-state index in [0.29, 0.717) is 19.1 Å². The Labute approximate surface area is 66.3 Å². The van der Waals surface area contributed by atoms with Crippen molar-refractivity contribution >= 4 is 6.09 Å². The second-order valence-electron chi connectivity index (χ2n) is 2.90. The average Bonchev–Trinajstić information content (AvgIpc) is 1.98. The first-order valence-corrected chi connectivity index (χ1v) is 3.82. The minimum absolute atomic E-state index is 0.224. The van der Waals surface area contributed by atoms with Crippen molar-refractivity contribution in [1.29, 1.82) is 0 Å². The Morgan fingerprint density at radius 3 is 3.09 bits per heavy atom. The number of carbonyl (C=O) groups is 1. The molecular formula is C7H14N2O2. The van der Waals surface area contributed by atoms with E-state index in [1.54, 1.807) is 11.9 Å². The fraction of sp³-hybridized carbons (Fsp3) is 0.857. The lowest BCUT2D eigenvalue weighted by molar-refractivity contribution is 0.0514. The van der Waals surface area contributed by atoms with Crippen molar-refractivity contribution in [3.63, 3.8) is 0 Å². The van der Waals surface area contributed by atoms with Crippen molar-refractivity contribution in [1.82, 2.24) is 4.90 Å². The lowest BCUT2D eigenvalue weighted by atomic mass is 10.1. The Hall–Kier alpha value is -0.770. The lowest BCUT2D eigenvalue weighted by Crippen LogP contribution is -2.40.